The Balaban J connectivity index is 1.46. The number of aliphatic hydroxyl groups excluding tert-OH is 1. The minimum absolute atomic E-state index is 0.116. The summed E-state index contributed by atoms with van der Waals surface area (Å²) in [6.45, 7) is 0.737. The van der Waals surface area contributed by atoms with Crippen molar-refractivity contribution >= 4 is 40.6 Å². The standard InChI is InChI=1S/C21H21Cl2N7O3/c22-11-5-15(20(24)25)19(32)17(6-11)29-4-3-12(8-29)27-21(33)14-2-1-13(7-16(14)23)30-10-26-18(9-31)28-30/h1-2,5-7,10,12,31-32H,3-4,8-9H2,(H3,24,25)(H,27,33). The number of amidine groups is 1. The third-order valence-corrected chi connectivity index (χ3v) is 5.88. The summed E-state index contributed by atoms with van der Waals surface area (Å²) in [4.78, 5) is 18.7. The minimum Gasteiger partial charge on any atom is -0.505 e. The molecule has 1 fully saturated rings. The number of aromatic hydroxyl groups is 1. The molecule has 1 unspecified atom stereocenters. The van der Waals surface area contributed by atoms with Gasteiger partial charge in [0.1, 0.15) is 24.5 Å². The van der Waals surface area contributed by atoms with Crippen LogP contribution in [0.4, 0.5) is 5.69 Å². The number of anilines is 1. The van der Waals surface area contributed by atoms with Gasteiger partial charge in [-0.1, -0.05) is 23.2 Å². The Labute approximate surface area is 199 Å². The fourth-order valence-electron chi connectivity index (χ4n) is 3.72. The van der Waals surface area contributed by atoms with E-state index in [4.69, 9.17) is 39.5 Å². The van der Waals surface area contributed by atoms with Crippen LogP contribution < -0.4 is 16.0 Å². The van der Waals surface area contributed by atoms with Crippen LogP contribution in [0, 0.1) is 5.41 Å². The Morgan fingerprint density at radius 3 is 2.73 bits per heavy atom. The summed E-state index contributed by atoms with van der Waals surface area (Å²) in [6, 6.07) is 7.74. The van der Waals surface area contributed by atoms with Crippen molar-refractivity contribution in [1.82, 2.24) is 20.1 Å². The second kappa shape index (κ2) is 9.26. The van der Waals surface area contributed by atoms with Gasteiger partial charge in [0.15, 0.2) is 5.82 Å². The van der Waals surface area contributed by atoms with E-state index in [1.165, 1.54) is 17.1 Å². The molecule has 0 aliphatic carbocycles. The van der Waals surface area contributed by atoms with Crippen LogP contribution in [0.5, 0.6) is 5.75 Å². The number of carbonyl (C=O) groups excluding carboxylic acids is 1. The molecule has 172 valence electrons. The topological polar surface area (TPSA) is 153 Å². The summed E-state index contributed by atoms with van der Waals surface area (Å²) in [7, 11) is 0. The molecule has 4 rings (SSSR count). The lowest BCUT2D eigenvalue weighted by Crippen LogP contribution is -2.37. The molecule has 0 bridgehead atoms. The van der Waals surface area contributed by atoms with Crippen LogP contribution in [0.3, 0.4) is 0 Å². The monoisotopic (exact) mass is 489 g/mol. The number of hydrogen-bond donors (Lipinski definition) is 5. The molecule has 1 aliphatic heterocycles. The number of halogens is 2. The van der Waals surface area contributed by atoms with Gasteiger partial charge in [0.05, 0.1) is 27.5 Å². The highest BCUT2D eigenvalue weighted by atomic mass is 35.5. The van der Waals surface area contributed by atoms with Crippen molar-refractivity contribution in [2.75, 3.05) is 18.0 Å². The molecule has 2 aromatic carbocycles. The first-order valence-electron chi connectivity index (χ1n) is 10.0. The Bertz CT molecular complexity index is 1230. The number of carbonyl (C=O) groups is 1. The number of phenolic OH excluding ortho intramolecular Hbond substituents is 1. The molecule has 6 N–H and O–H groups in total. The number of nitrogens with zero attached hydrogens (tertiary/aromatic N) is 4. The zero-order valence-electron chi connectivity index (χ0n) is 17.3. The maximum Gasteiger partial charge on any atom is 0.253 e. The van der Waals surface area contributed by atoms with Crippen molar-refractivity contribution in [3.8, 4) is 11.4 Å². The van der Waals surface area contributed by atoms with Crippen LogP contribution in [0.2, 0.25) is 10.0 Å². The normalized spacial score (nSPS) is 15.6. The number of aromatic nitrogens is 3. The average Bonchev–Trinajstić information content (AvgIpc) is 3.44. The number of hydrogen-bond acceptors (Lipinski definition) is 7. The van der Waals surface area contributed by atoms with Crippen molar-refractivity contribution in [3.05, 3.63) is 63.7 Å². The molecule has 1 aliphatic rings. The van der Waals surface area contributed by atoms with E-state index in [0.717, 1.165) is 0 Å². The summed E-state index contributed by atoms with van der Waals surface area (Å²) in [5.41, 5.74) is 7.07. The predicted molar refractivity (Wildman–Crippen MR) is 125 cm³/mol. The predicted octanol–water partition coefficient (Wildman–Crippen LogP) is 2.06. The number of amides is 1. The summed E-state index contributed by atoms with van der Waals surface area (Å²) in [5, 5.41) is 34.9. The van der Waals surface area contributed by atoms with Gasteiger partial charge >= 0.3 is 0 Å². The number of nitrogen functional groups attached to an aromatic ring is 1. The van der Waals surface area contributed by atoms with Crippen LogP contribution in [-0.2, 0) is 6.61 Å². The van der Waals surface area contributed by atoms with E-state index >= 15 is 0 Å². The second-order valence-corrected chi connectivity index (χ2v) is 8.41. The number of benzene rings is 2. The number of rotatable bonds is 6. The van der Waals surface area contributed by atoms with Gasteiger partial charge in [-0.05, 0) is 36.8 Å². The zero-order valence-corrected chi connectivity index (χ0v) is 18.8. The first-order valence-corrected chi connectivity index (χ1v) is 10.8. The molecule has 1 aromatic heterocycles. The van der Waals surface area contributed by atoms with Crippen molar-refractivity contribution in [3.63, 3.8) is 0 Å². The van der Waals surface area contributed by atoms with Crippen molar-refractivity contribution in [1.29, 1.82) is 5.41 Å². The van der Waals surface area contributed by atoms with E-state index < -0.39 is 0 Å². The largest absolute Gasteiger partial charge is 0.505 e. The lowest BCUT2D eigenvalue weighted by Gasteiger charge is -2.22. The van der Waals surface area contributed by atoms with E-state index in [-0.39, 0.29) is 46.6 Å². The first-order chi connectivity index (χ1) is 15.8. The summed E-state index contributed by atoms with van der Waals surface area (Å²) in [6.07, 6.45) is 2.10. The van der Waals surface area contributed by atoms with E-state index in [0.29, 0.717) is 41.5 Å². The zero-order chi connectivity index (χ0) is 23.7. The molecule has 2 heterocycles. The maximum atomic E-state index is 12.8. The highest BCUT2D eigenvalue weighted by Gasteiger charge is 2.28. The molecule has 0 saturated carbocycles. The van der Waals surface area contributed by atoms with E-state index in [9.17, 15) is 9.90 Å². The first kappa shape index (κ1) is 22.8. The molecular weight excluding hydrogens is 469 g/mol. The number of aliphatic hydroxyl groups is 1. The Morgan fingerprint density at radius 1 is 1.27 bits per heavy atom. The van der Waals surface area contributed by atoms with Gasteiger partial charge in [-0.25, -0.2) is 9.67 Å². The van der Waals surface area contributed by atoms with Gasteiger partial charge in [0.2, 0.25) is 0 Å². The molecule has 12 heteroatoms. The van der Waals surface area contributed by atoms with Crippen LogP contribution in [-0.4, -0.2) is 55.9 Å². The van der Waals surface area contributed by atoms with E-state index in [1.54, 1.807) is 24.3 Å². The van der Waals surface area contributed by atoms with Gasteiger partial charge in [0.25, 0.3) is 5.91 Å². The molecule has 0 spiro atoms. The molecule has 1 amide bonds. The molecule has 3 aromatic rings. The average molecular weight is 490 g/mol. The molecule has 10 nitrogen and oxygen atoms in total. The summed E-state index contributed by atoms with van der Waals surface area (Å²) in [5.74, 6) is -0.445. The third kappa shape index (κ3) is 4.72. The van der Waals surface area contributed by atoms with Gasteiger partial charge < -0.3 is 26.2 Å². The van der Waals surface area contributed by atoms with Crippen molar-refractivity contribution in [2.24, 2.45) is 5.73 Å². The highest BCUT2D eigenvalue weighted by molar-refractivity contribution is 6.34. The van der Waals surface area contributed by atoms with Crippen LogP contribution in [0.1, 0.15) is 28.2 Å². The maximum absolute atomic E-state index is 12.8. The fourth-order valence-corrected chi connectivity index (χ4v) is 4.19. The highest BCUT2D eigenvalue weighted by Crippen LogP contribution is 2.36. The van der Waals surface area contributed by atoms with Gasteiger partial charge in [0, 0.05) is 24.2 Å². The van der Waals surface area contributed by atoms with Crippen LogP contribution in [0.15, 0.2) is 36.7 Å². The quantitative estimate of drug-likeness (QED) is 0.262. The van der Waals surface area contributed by atoms with Crippen LogP contribution in [0.25, 0.3) is 5.69 Å². The van der Waals surface area contributed by atoms with Gasteiger partial charge in [-0.2, -0.15) is 0 Å². The Kier molecular flexibility index (Phi) is 6.41. The molecule has 1 atom stereocenters. The van der Waals surface area contributed by atoms with Crippen molar-refractivity contribution < 1.29 is 15.0 Å². The second-order valence-electron chi connectivity index (χ2n) is 7.57. The summed E-state index contributed by atoms with van der Waals surface area (Å²) < 4.78 is 1.46. The minimum atomic E-state index is -0.326. The molecule has 33 heavy (non-hydrogen) atoms. The van der Waals surface area contributed by atoms with Gasteiger partial charge in [-0.15, -0.1) is 5.10 Å². The molecular formula is C21H21Cl2N7O3. The Hall–Kier alpha value is -3.34. The smallest absolute Gasteiger partial charge is 0.253 e. The Morgan fingerprint density at radius 2 is 2.06 bits per heavy atom. The number of nitrogens with one attached hydrogen (secondary N) is 2. The van der Waals surface area contributed by atoms with Crippen molar-refractivity contribution in [2.45, 2.75) is 19.1 Å². The van der Waals surface area contributed by atoms with Gasteiger partial charge in [-0.3, -0.25) is 10.2 Å². The third-order valence-electron chi connectivity index (χ3n) is 5.35. The fraction of sp³-hybridized carbons (Fsp3) is 0.238. The molecule has 1 saturated heterocycles. The van der Waals surface area contributed by atoms with E-state index in [1.807, 2.05) is 4.90 Å². The van der Waals surface area contributed by atoms with Crippen LogP contribution >= 0.6 is 23.2 Å². The summed E-state index contributed by atoms with van der Waals surface area (Å²) >= 11 is 12.5. The lowest BCUT2D eigenvalue weighted by molar-refractivity contribution is 0.0940. The SMILES string of the molecule is N=C(N)c1cc(Cl)cc(N2CCC(NC(=O)c3ccc(-n4cnc(CO)n4)cc3Cl)C2)c1O. The number of phenols is 1. The lowest BCUT2D eigenvalue weighted by atomic mass is 10.1. The molecule has 0 radical (unpaired) electrons. The van der Waals surface area contributed by atoms with E-state index in [2.05, 4.69) is 15.4 Å². The number of nitrogens with two attached hydrogens (primary N) is 1.